The Balaban J connectivity index is 1.79. The van der Waals surface area contributed by atoms with Crippen molar-refractivity contribution in [2.24, 2.45) is 5.41 Å². The van der Waals surface area contributed by atoms with Crippen LogP contribution in [-0.4, -0.2) is 37.3 Å². The summed E-state index contributed by atoms with van der Waals surface area (Å²) in [6.07, 6.45) is -3.93. The van der Waals surface area contributed by atoms with Crippen molar-refractivity contribution in [1.82, 2.24) is 9.97 Å². The van der Waals surface area contributed by atoms with Gasteiger partial charge in [-0.25, -0.2) is 14.4 Å². The fourth-order valence-electron chi connectivity index (χ4n) is 3.77. The second-order valence-electron chi connectivity index (χ2n) is 8.53. The molecule has 1 aliphatic rings. The molecule has 188 valence electrons. The molecule has 1 fully saturated rings. The number of anilines is 1. The first-order valence-electron chi connectivity index (χ1n) is 13.3. The highest BCUT2D eigenvalue weighted by molar-refractivity contribution is 5.92. The average molecular weight is 499 g/mol. The van der Waals surface area contributed by atoms with Crippen molar-refractivity contribution in [1.29, 1.82) is 0 Å². The van der Waals surface area contributed by atoms with Crippen LogP contribution in [0.5, 0.6) is 11.5 Å². The molecular formula is C25H27F4N3O3. The Labute approximate surface area is 207 Å². The summed E-state index contributed by atoms with van der Waals surface area (Å²) in [5, 5.41) is 3.12. The number of fused-ring (bicyclic) bond motifs is 1. The molecule has 1 atom stereocenters. The molecule has 0 aliphatic heterocycles. The molecule has 1 aliphatic carbocycles. The molecule has 3 aromatic rings. The Morgan fingerprint density at radius 2 is 2.00 bits per heavy atom. The summed E-state index contributed by atoms with van der Waals surface area (Å²) in [7, 11) is -1.47. The fraction of sp³-hybridized carbons (Fsp3) is 0.440. The van der Waals surface area contributed by atoms with Crippen LogP contribution in [-0.2, 0) is 10.9 Å². The molecule has 4 rings (SSSR count). The van der Waals surface area contributed by atoms with Crippen molar-refractivity contribution >= 4 is 16.7 Å². The second kappa shape index (κ2) is 9.49. The lowest BCUT2D eigenvalue weighted by atomic mass is 10.0. The van der Waals surface area contributed by atoms with Gasteiger partial charge in [-0.3, -0.25) is 0 Å². The van der Waals surface area contributed by atoms with Gasteiger partial charge in [-0.15, -0.1) is 0 Å². The molecule has 6 nitrogen and oxygen atoms in total. The lowest BCUT2D eigenvalue weighted by Crippen LogP contribution is -2.18. The monoisotopic (exact) mass is 498 g/mol. The zero-order chi connectivity index (χ0) is 29.7. The third kappa shape index (κ3) is 5.27. The molecule has 35 heavy (non-hydrogen) atoms. The molecule has 0 amide bonds. The van der Waals surface area contributed by atoms with Gasteiger partial charge >= 0.3 is 6.18 Å². The third-order valence-electron chi connectivity index (χ3n) is 5.79. The summed E-state index contributed by atoms with van der Waals surface area (Å²) in [5.41, 5.74) is -2.44. The van der Waals surface area contributed by atoms with Crippen LogP contribution in [0.2, 0.25) is 0 Å². The number of methoxy groups -OCH3 is 2. The van der Waals surface area contributed by atoms with E-state index < -0.39 is 42.6 Å². The Hall–Kier alpha value is -3.14. The maximum Gasteiger partial charge on any atom is 0.419 e. The normalized spacial score (nSPS) is 18.5. The van der Waals surface area contributed by atoms with E-state index in [0.29, 0.717) is 18.9 Å². The number of aryl methyl sites for hydroxylation is 1. The second-order valence-corrected chi connectivity index (χ2v) is 8.53. The van der Waals surface area contributed by atoms with Crippen LogP contribution in [0.1, 0.15) is 49.6 Å². The first-order valence-corrected chi connectivity index (χ1v) is 10.8. The van der Waals surface area contributed by atoms with E-state index in [9.17, 15) is 17.6 Å². The van der Waals surface area contributed by atoms with E-state index in [1.807, 2.05) is 0 Å². The van der Waals surface area contributed by atoms with Gasteiger partial charge < -0.3 is 19.5 Å². The highest BCUT2D eigenvalue weighted by atomic mass is 19.4. The van der Waals surface area contributed by atoms with Crippen molar-refractivity contribution < 1.29 is 38.6 Å². The fourth-order valence-corrected chi connectivity index (χ4v) is 3.77. The van der Waals surface area contributed by atoms with Gasteiger partial charge in [0.2, 0.25) is 0 Å². The topological polar surface area (TPSA) is 65.5 Å². The van der Waals surface area contributed by atoms with Crippen molar-refractivity contribution in [3.8, 4) is 11.5 Å². The molecule has 0 unspecified atom stereocenters. The molecule has 0 radical (unpaired) electrons. The molecule has 1 heterocycles. The van der Waals surface area contributed by atoms with Crippen molar-refractivity contribution in [2.45, 2.75) is 38.9 Å². The average Bonchev–Trinajstić information content (AvgIpc) is 3.60. The molecular weight excluding hydrogens is 466 g/mol. The molecule has 1 N–H and O–H groups in total. The summed E-state index contributed by atoms with van der Waals surface area (Å²) in [6, 6.07) is 4.51. The number of ether oxygens (including phenoxy) is 3. The molecule has 0 spiro atoms. The van der Waals surface area contributed by atoms with Crippen LogP contribution < -0.4 is 14.8 Å². The predicted molar refractivity (Wildman–Crippen MR) is 123 cm³/mol. The molecule has 10 heteroatoms. The van der Waals surface area contributed by atoms with E-state index in [1.54, 1.807) is 0 Å². The van der Waals surface area contributed by atoms with Crippen LogP contribution in [0.3, 0.4) is 0 Å². The molecule has 0 saturated heterocycles. The minimum absolute atomic E-state index is 0.0677. The number of nitrogens with one attached hydrogen (secondary N) is 1. The number of rotatable bonds is 9. The molecule has 1 saturated carbocycles. The van der Waals surface area contributed by atoms with E-state index in [-0.39, 0.29) is 46.2 Å². The zero-order valence-electron chi connectivity index (χ0n) is 24.2. The van der Waals surface area contributed by atoms with Gasteiger partial charge in [0.05, 0.1) is 44.2 Å². The zero-order valence-corrected chi connectivity index (χ0v) is 19.2. The van der Waals surface area contributed by atoms with Gasteiger partial charge in [0.1, 0.15) is 17.5 Å². The maximum atomic E-state index is 14.8. The van der Waals surface area contributed by atoms with Crippen LogP contribution in [0.25, 0.3) is 10.9 Å². The van der Waals surface area contributed by atoms with E-state index in [1.165, 1.54) is 39.2 Å². The number of benzene rings is 2. The maximum absolute atomic E-state index is 14.8. The van der Waals surface area contributed by atoms with Gasteiger partial charge in [0.25, 0.3) is 0 Å². The van der Waals surface area contributed by atoms with Gasteiger partial charge in [-0.05, 0) is 38.8 Å². The Morgan fingerprint density at radius 3 is 2.66 bits per heavy atom. The number of alkyl halides is 3. The minimum atomic E-state index is -4.88. The lowest BCUT2D eigenvalue weighted by Gasteiger charge is -2.20. The number of hydrogen-bond acceptors (Lipinski definition) is 6. The molecule has 0 bridgehead atoms. The first kappa shape index (κ1) is 19.1. The Bertz CT molecular complexity index is 1420. The standard InChI is InChI=1S/C25H27F4N3O3/c1-14(16-6-5-7-18(22(16)26)25(27,28)29)30-23-17-10-21(35-13-24(8-9-24)12-33-3)20(34-4)11-19(17)31-15(2)32-23/h5-7,10-11,14H,8-9,12-13H2,1-4H3,(H,30,31,32)/t14-/m1/s1/i4D3,13D2. The van der Waals surface area contributed by atoms with Crippen molar-refractivity contribution in [2.75, 3.05) is 32.6 Å². The van der Waals surface area contributed by atoms with Gasteiger partial charge in [-0.2, -0.15) is 13.2 Å². The summed E-state index contributed by atoms with van der Waals surface area (Å²) in [5.74, 6) is -1.69. The SMILES string of the molecule is [2H]C([2H])([2H])Oc1cc2nc(C)nc(N[C@H](C)c3cccc(C(F)(F)F)c3F)c2cc1OC([2H])([2H])C1(COC)CC1. The first-order chi connectivity index (χ1) is 18.5. The minimum Gasteiger partial charge on any atom is -0.493 e. The summed E-state index contributed by atoms with van der Waals surface area (Å²) in [6.45, 7) is 0.774. The molecule has 1 aromatic heterocycles. The third-order valence-corrected chi connectivity index (χ3v) is 5.79. The quantitative estimate of drug-likeness (QED) is 0.361. The number of halogens is 4. The van der Waals surface area contributed by atoms with E-state index in [0.717, 1.165) is 6.07 Å². The van der Waals surface area contributed by atoms with Crippen molar-refractivity contribution in [3.05, 3.63) is 53.1 Å². The summed E-state index contributed by atoms with van der Waals surface area (Å²) in [4.78, 5) is 8.60. The predicted octanol–water partition coefficient (Wildman–Crippen LogP) is 6.08. The van der Waals surface area contributed by atoms with Crippen LogP contribution in [0, 0.1) is 18.2 Å². The number of aromatic nitrogens is 2. The smallest absolute Gasteiger partial charge is 0.419 e. The Kier molecular flexibility index (Phi) is 5.18. The largest absolute Gasteiger partial charge is 0.493 e. The van der Waals surface area contributed by atoms with Gasteiger partial charge in [-0.1, -0.05) is 12.1 Å². The van der Waals surface area contributed by atoms with Crippen LogP contribution in [0.15, 0.2) is 30.3 Å². The summed E-state index contributed by atoms with van der Waals surface area (Å²) >= 11 is 0. The number of hydrogen-bond donors (Lipinski definition) is 1. The van der Waals surface area contributed by atoms with Crippen LogP contribution in [0.4, 0.5) is 23.4 Å². The molecule has 2 aromatic carbocycles. The van der Waals surface area contributed by atoms with Gasteiger partial charge in [0, 0.05) is 29.5 Å². The Morgan fingerprint density at radius 1 is 1.23 bits per heavy atom. The highest BCUT2D eigenvalue weighted by Gasteiger charge is 2.44. The number of nitrogens with zero attached hydrogens (tertiary/aromatic N) is 2. The van der Waals surface area contributed by atoms with E-state index in [2.05, 4.69) is 15.3 Å². The highest BCUT2D eigenvalue weighted by Crippen LogP contribution is 2.47. The van der Waals surface area contributed by atoms with Gasteiger partial charge in [0.15, 0.2) is 11.5 Å². The van der Waals surface area contributed by atoms with Crippen LogP contribution >= 0.6 is 0 Å². The van der Waals surface area contributed by atoms with E-state index in [4.69, 9.17) is 21.1 Å². The van der Waals surface area contributed by atoms with Crippen molar-refractivity contribution in [3.63, 3.8) is 0 Å². The van der Waals surface area contributed by atoms with E-state index >= 15 is 0 Å². The summed E-state index contributed by atoms with van der Waals surface area (Å²) < 4.78 is 110. The lowest BCUT2D eigenvalue weighted by molar-refractivity contribution is -0.140.